The molecule has 2 N–H and O–H groups in total. The van der Waals surface area contributed by atoms with Crippen LogP contribution in [-0.2, 0) is 4.74 Å². The van der Waals surface area contributed by atoms with Crippen molar-refractivity contribution in [1.29, 1.82) is 0 Å². The molecule has 16 heavy (non-hydrogen) atoms. The maximum atomic E-state index is 12.9. The highest BCUT2D eigenvalue weighted by atomic mass is 19.1. The second kappa shape index (κ2) is 4.34. The summed E-state index contributed by atoms with van der Waals surface area (Å²) in [5.41, 5.74) is -0.639. The lowest BCUT2D eigenvalue weighted by atomic mass is 10.2. The summed E-state index contributed by atoms with van der Waals surface area (Å²) in [7, 11) is 0. The molecule has 6 heteroatoms. The van der Waals surface area contributed by atoms with Crippen LogP contribution in [0.3, 0.4) is 0 Å². The Hall–Kier alpha value is -1.85. The van der Waals surface area contributed by atoms with E-state index in [4.69, 9.17) is 9.84 Å². The van der Waals surface area contributed by atoms with Crippen LogP contribution >= 0.6 is 0 Å². The number of hydrogen-bond acceptors (Lipinski definition) is 4. The third-order valence-corrected chi connectivity index (χ3v) is 1.46. The van der Waals surface area contributed by atoms with Crippen molar-refractivity contribution in [3.8, 4) is 5.75 Å². The number of pyridine rings is 1. The summed E-state index contributed by atoms with van der Waals surface area (Å²) >= 11 is 0. The highest BCUT2D eigenvalue weighted by Crippen LogP contribution is 2.17. The van der Waals surface area contributed by atoms with Crippen LogP contribution < -0.4 is 5.32 Å². The zero-order chi connectivity index (χ0) is 12.3. The fraction of sp³-hybridized carbons (Fsp3) is 0.400. The minimum Gasteiger partial charge on any atom is -0.504 e. The van der Waals surface area contributed by atoms with E-state index in [1.165, 1.54) is 0 Å². The zero-order valence-corrected chi connectivity index (χ0v) is 9.24. The van der Waals surface area contributed by atoms with Gasteiger partial charge in [0.1, 0.15) is 11.4 Å². The van der Waals surface area contributed by atoms with Crippen molar-refractivity contribution >= 4 is 11.9 Å². The summed E-state index contributed by atoms with van der Waals surface area (Å²) in [4.78, 5) is 14.9. The summed E-state index contributed by atoms with van der Waals surface area (Å²) in [5.74, 6) is -1.46. The van der Waals surface area contributed by atoms with Crippen LogP contribution in [0.5, 0.6) is 5.75 Å². The van der Waals surface area contributed by atoms with Gasteiger partial charge in [-0.15, -0.1) is 0 Å². The van der Waals surface area contributed by atoms with Crippen LogP contribution in [0.25, 0.3) is 0 Å². The minimum atomic E-state index is -0.860. The molecule has 1 aromatic heterocycles. The Balaban J connectivity index is 2.67. The summed E-state index contributed by atoms with van der Waals surface area (Å²) in [6.07, 6.45) is 0.173. The monoisotopic (exact) mass is 228 g/mol. The topological polar surface area (TPSA) is 71.5 Å². The Kier molecular flexibility index (Phi) is 3.31. The number of amides is 1. The minimum absolute atomic E-state index is 0.0236. The van der Waals surface area contributed by atoms with Gasteiger partial charge in [0.05, 0.1) is 6.20 Å². The molecule has 0 saturated carbocycles. The average molecular weight is 228 g/mol. The molecule has 1 rings (SSSR count). The number of nitrogens with zero attached hydrogens (tertiary/aromatic N) is 1. The van der Waals surface area contributed by atoms with Gasteiger partial charge in [0.25, 0.3) is 0 Å². The van der Waals surface area contributed by atoms with Crippen LogP contribution in [0.15, 0.2) is 12.3 Å². The molecular weight excluding hydrogens is 215 g/mol. The summed E-state index contributed by atoms with van der Waals surface area (Å²) in [6.45, 7) is 5.12. The lowest BCUT2D eigenvalue weighted by Gasteiger charge is -2.19. The molecule has 0 aliphatic heterocycles. The van der Waals surface area contributed by atoms with E-state index < -0.39 is 23.3 Å². The summed E-state index contributed by atoms with van der Waals surface area (Å²) in [5, 5.41) is 11.1. The van der Waals surface area contributed by atoms with E-state index in [2.05, 4.69) is 10.3 Å². The molecule has 0 spiro atoms. The van der Waals surface area contributed by atoms with E-state index in [1.54, 1.807) is 20.8 Å². The van der Waals surface area contributed by atoms with Gasteiger partial charge in [-0.3, -0.25) is 5.32 Å². The van der Waals surface area contributed by atoms with Crippen molar-refractivity contribution in [3.63, 3.8) is 0 Å². The van der Waals surface area contributed by atoms with Crippen LogP contribution in [0, 0.1) is 5.82 Å². The van der Waals surface area contributed by atoms with E-state index in [0.29, 0.717) is 0 Å². The third-order valence-electron chi connectivity index (χ3n) is 1.46. The third kappa shape index (κ3) is 3.72. The first-order valence-electron chi connectivity index (χ1n) is 4.62. The van der Waals surface area contributed by atoms with Crippen molar-refractivity contribution in [1.82, 2.24) is 4.98 Å². The van der Waals surface area contributed by atoms with E-state index in [1.807, 2.05) is 0 Å². The fourth-order valence-corrected chi connectivity index (χ4v) is 0.900. The van der Waals surface area contributed by atoms with Gasteiger partial charge >= 0.3 is 6.09 Å². The lowest BCUT2D eigenvalue weighted by Crippen LogP contribution is -2.27. The van der Waals surface area contributed by atoms with Crippen LogP contribution in [0.2, 0.25) is 0 Å². The lowest BCUT2D eigenvalue weighted by molar-refractivity contribution is 0.0635. The van der Waals surface area contributed by atoms with Crippen molar-refractivity contribution in [2.75, 3.05) is 5.32 Å². The maximum absolute atomic E-state index is 12.9. The number of anilines is 1. The van der Waals surface area contributed by atoms with Gasteiger partial charge in [0, 0.05) is 6.07 Å². The highest BCUT2D eigenvalue weighted by molar-refractivity contribution is 5.83. The van der Waals surface area contributed by atoms with Gasteiger partial charge in [-0.2, -0.15) is 0 Å². The Morgan fingerprint density at radius 1 is 1.56 bits per heavy atom. The number of nitrogens with one attached hydrogen (secondary N) is 1. The number of hydrogen-bond donors (Lipinski definition) is 2. The van der Waals surface area contributed by atoms with Gasteiger partial charge in [-0.05, 0) is 20.8 Å². The number of aromatic nitrogens is 1. The van der Waals surface area contributed by atoms with E-state index >= 15 is 0 Å². The molecule has 0 fully saturated rings. The van der Waals surface area contributed by atoms with Crippen molar-refractivity contribution in [2.45, 2.75) is 26.4 Å². The zero-order valence-electron chi connectivity index (χ0n) is 9.24. The largest absolute Gasteiger partial charge is 0.504 e. The number of ether oxygens (including phenoxy) is 1. The van der Waals surface area contributed by atoms with Crippen molar-refractivity contribution in [3.05, 3.63) is 18.1 Å². The normalized spacial score (nSPS) is 11.0. The molecule has 0 bridgehead atoms. The first-order valence-corrected chi connectivity index (χ1v) is 4.62. The molecule has 1 aromatic rings. The standard InChI is InChI=1S/C10H13FN2O3/c1-10(2,3)16-9(15)13-8-4-6(11)7(14)5-12-8/h4-5,14H,1-3H3,(H,12,13,15). The molecule has 0 unspecified atom stereocenters. The molecule has 0 radical (unpaired) electrons. The van der Waals surface area contributed by atoms with Gasteiger partial charge in [0.2, 0.25) is 0 Å². The molecule has 1 heterocycles. The molecular formula is C10H13FN2O3. The number of rotatable bonds is 1. The Labute approximate surface area is 92.3 Å². The summed E-state index contributed by atoms with van der Waals surface area (Å²) < 4.78 is 17.8. The predicted octanol–water partition coefficient (Wildman–Crippen LogP) is 2.27. The van der Waals surface area contributed by atoms with Crippen molar-refractivity contribution < 1.29 is 19.0 Å². The first-order chi connectivity index (χ1) is 7.28. The van der Waals surface area contributed by atoms with E-state index in [9.17, 15) is 9.18 Å². The molecule has 0 atom stereocenters. The first kappa shape index (κ1) is 12.2. The van der Waals surface area contributed by atoms with E-state index in [-0.39, 0.29) is 5.82 Å². The van der Waals surface area contributed by atoms with Gasteiger partial charge < -0.3 is 9.84 Å². The van der Waals surface area contributed by atoms with Crippen molar-refractivity contribution in [2.24, 2.45) is 0 Å². The van der Waals surface area contributed by atoms with Gasteiger partial charge in [0.15, 0.2) is 11.6 Å². The van der Waals surface area contributed by atoms with Crippen LogP contribution in [0.4, 0.5) is 15.0 Å². The van der Waals surface area contributed by atoms with Gasteiger partial charge in [-0.25, -0.2) is 14.2 Å². The molecule has 0 aliphatic rings. The molecule has 0 aromatic carbocycles. The Morgan fingerprint density at radius 2 is 2.19 bits per heavy atom. The Morgan fingerprint density at radius 3 is 2.69 bits per heavy atom. The smallest absolute Gasteiger partial charge is 0.413 e. The Bertz CT molecular complexity index is 402. The number of carbonyl (C=O) groups excluding carboxylic acids is 1. The molecule has 88 valence electrons. The number of halogens is 1. The predicted molar refractivity (Wildman–Crippen MR) is 55.7 cm³/mol. The number of carbonyl (C=O) groups is 1. The second-order valence-electron chi connectivity index (χ2n) is 4.15. The highest BCUT2D eigenvalue weighted by Gasteiger charge is 2.16. The fourth-order valence-electron chi connectivity index (χ4n) is 0.900. The molecule has 0 saturated heterocycles. The summed E-state index contributed by atoms with van der Waals surface area (Å²) in [6, 6.07) is 0.902. The van der Waals surface area contributed by atoms with E-state index in [0.717, 1.165) is 12.3 Å². The van der Waals surface area contributed by atoms with Crippen LogP contribution in [-0.4, -0.2) is 21.8 Å². The van der Waals surface area contributed by atoms with Gasteiger partial charge in [-0.1, -0.05) is 0 Å². The molecule has 1 amide bonds. The maximum Gasteiger partial charge on any atom is 0.413 e. The average Bonchev–Trinajstić information content (AvgIpc) is 2.08. The number of aromatic hydroxyl groups is 1. The van der Waals surface area contributed by atoms with Crippen LogP contribution in [0.1, 0.15) is 20.8 Å². The molecule has 0 aliphatic carbocycles. The SMILES string of the molecule is CC(C)(C)OC(=O)Nc1cc(F)c(O)cn1. The molecule has 5 nitrogen and oxygen atoms in total. The second-order valence-corrected chi connectivity index (χ2v) is 4.15. The quantitative estimate of drug-likeness (QED) is 0.773.